The molecule has 10 heteroatoms. The van der Waals surface area contributed by atoms with E-state index >= 15 is 0 Å². The molecule has 22 heavy (non-hydrogen) atoms. The van der Waals surface area contributed by atoms with Crippen LogP contribution in [0, 0.1) is 10.1 Å². The van der Waals surface area contributed by atoms with Crippen molar-refractivity contribution in [3.8, 4) is 0 Å². The maximum atomic E-state index is 12.1. The first-order valence-corrected chi connectivity index (χ1v) is 6.88. The molecule has 1 aromatic rings. The second kappa shape index (κ2) is 6.87. The van der Waals surface area contributed by atoms with Gasteiger partial charge in [0.1, 0.15) is 6.54 Å². The van der Waals surface area contributed by atoms with Gasteiger partial charge in [0.05, 0.1) is 24.0 Å². The number of ether oxygens (including phenoxy) is 1. The van der Waals surface area contributed by atoms with Crippen molar-refractivity contribution in [1.29, 1.82) is 0 Å². The standard InChI is InChI=1S/C12H17N5O5/c1-2-22-12(19)15-7-5-14(6-8-15)11(18)9-16-4-3-10(13-16)17(20)21/h3-4H,2,5-9H2,1H3. The topological polar surface area (TPSA) is 111 Å². The number of carbonyl (C=O) groups excluding carboxylic acids is 2. The third-order valence-corrected chi connectivity index (χ3v) is 3.27. The van der Waals surface area contributed by atoms with Crippen molar-refractivity contribution in [2.75, 3.05) is 32.8 Å². The molecule has 1 aromatic heterocycles. The van der Waals surface area contributed by atoms with E-state index in [0.717, 1.165) is 0 Å². The van der Waals surface area contributed by atoms with Crippen LogP contribution in [0.15, 0.2) is 12.3 Å². The van der Waals surface area contributed by atoms with Crippen LogP contribution >= 0.6 is 0 Å². The van der Waals surface area contributed by atoms with E-state index in [0.29, 0.717) is 32.8 Å². The van der Waals surface area contributed by atoms with E-state index in [-0.39, 0.29) is 24.4 Å². The normalized spacial score (nSPS) is 14.8. The summed E-state index contributed by atoms with van der Waals surface area (Å²) in [4.78, 5) is 36.7. The molecular formula is C12H17N5O5. The predicted octanol–water partition coefficient (Wildman–Crippen LogP) is 0.0920. The van der Waals surface area contributed by atoms with Crippen LogP contribution in [-0.2, 0) is 16.1 Å². The molecule has 2 heterocycles. The third kappa shape index (κ3) is 3.71. The average molecular weight is 311 g/mol. The maximum absolute atomic E-state index is 12.1. The summed E-state index contributed by atoms with van der Waals surface area (Å²) in [6.07, 6.45) is 1.02. The minimum Gasteiger partial charge on any atom is -0.450 e. The van der Waals surface area contributed by atoms with Crippen LogP contribution in [0.25, 0.3) is 0 Å². The molecule has 1 saturated heterocycles. The molecular weight excluding hydrogens is 294 g/mol. The molecule has 0 bridgehead atoms. The fourth-order valence-electron chi connectivity index (χ4n) is 2.13. The number of piperazine rings is 1. The largest absolute Gasteiger partial charge is 0.450 e. The van der Waals surface area contributed by atoms with Gasteiger partial charge in [-0.25, -0.2) is 4.79 Å². The van der Waals surface area contributed by atoms with Crippen molar-refractivity contribution < 1.29 is 19.2 Å². The zero-order chi connectivity index (χ0) is 16.1. The Labute approximate surface area is 126 Å². The number of hydrogen-bond donors (Lipinski definition) is 0. The van der Waals surface area contributed by atoms with Gasteiger partial charge >= 0.3 is 11.9 Å². The van der Waals surface area contributed by atoms with Gasteiger partial charge in [-0.2, -0.15) is 4.68 Å². The molecule has 1 aliphatic rings. The van der Waals surface area contributed by atoms with Crippen LogP contribution in [0.5, 0.6) is 0 Å². The molecule has 0 aromatic carbocycles. The van der Waals surface area contributed by atoms with Gasteiger partial charge < -0.3 is 24.7 Å². The van der Waals surface area contributed by atoms with E-state index in [4.69, 9.17) is 4.74 Å². The van der Waals surface area contributed by atoms with E-state index in [1.165, 1.54) is 16.9 Å². The Morgan fingerprint density at radius 3 is 2.50 bits per heavy atom. The fraction of sp³-hybridized carbons (Fsp3) is 0.583. The van der Waals surface area contributed by atoms with E-state index in [1.54, 1.807) is 16.7 Å². The number of amides is 2. The van der Waals surface area contributed by atoms with E-state index in [2.05, 4.69) is 5.10 Å². The SMILES string of the molecule is CCOC(=O)N1CCN(C(=O)Cn2ccc([N+](=O)[O-])n2)CC1. The molecule has 10 nitrogen and oxygen atoms in total. The lowest BCUT2D eigenvalue weighted by atomic mass is 10.3. The fourth-order valence-corrected chi connectivity index (χ4v) is 2.13. The number of nitrogens with zero attached hydrogens (tertiary/aromatic N) is 5. The van der Waals surface area contributed by atoms with Crippen LogP contribution in [0.3, 0.4) is 0 Å². The molecule has 0 unspecified atom stereocenters. The molecule has 1 fully saturated rings. The van der Waals surface area contributed by atoms with Crippen molar-refractivity contribution in [1.82, 2.24) is 19.6 Å². The van der Waals surface area contributed by atoms with Crippen LogP contribution < -0.4 is 0 Å². The minimum atomic E-state index is -0.612. The summed E-state index contributed by atoms with van der Waals surface area (Å²) in [7, 11) is 0. The Balaban J connectivity index is 1.84. The lowest BCUT2D eigenvalue weighted by Gasteiger charge is -2.33. The smallest absolute Gasteiger partial charge is 0.409 e. The third-order valence-electron chi connectivity index (χ3n) is 3.27. The molecule has 120 valence electrons. The summed E-state index contributed by atoms with van der Waals surface area (Å²) in [5.74, 6) is -0.485. The molecule has 0 radical (unpaired) electrons. The summed E-state index contributed by atoms with van der Waals surface area (Å²) in [5, 5.41) is 14.2. The molecule has 2 amide bonds. The van der Waals surface area contributed by atoms with Gasteiger partial charge in [0, 0.05) is 26.2 Å². The van der Waals surface area contributed by atoms with Crippen LogP contribution in [-0.4, -0.2) is 69.3 Å². The number of carbonyl (C=O) groups is 2. The average Bonchev–Trinajstić information content (AvgIpc) is 2.96. The molecule has 0 spiro atoms. The number of aromatic nitrogens is 2. The highest BCUT2D eigenvalue weighted by Crippen LogP contribution is 2.08. The molecule has 0 atom stereocenters. The molecule has 0 aliphatic carbocycles. The second-order valence-electron chi connectivity index (χ2n) is 4.70. The summed E-state index contributed by atoms with van der Waals surface area (Å²) < 4.78 is 6.14. The van der Waals surface area contributed by atoms with E-state index in [1.807, 2.05) is 0 Å². The zero-order valence-corrected chi connectivity index (χ0v) is 12.2. The van der Waals surface area contributed by atoms with E-state index in [9.17, 15) is 19.7 Å². The number of hydrogen-bond acceptors (Lipinski definition) is 6. The minimum absolute atomic E-state index is 0.0623. The van der Waals surface area contributed by atoms with Crippen molar-refractivity contribution >= 4 is 17.8 Å². The van der Waals surface area contributed by atoms with E-state index < -0.39 is 4.92 Å². The Morgan fingerprint density at radius 2 is 1.95 bits per heavy atom. The number of rotatable bonds is 4. The monoisotopic (exact) mass is 311 g/mol. The lowest BCUT2D eigenvalue weighted by molar-refractivity contribution is -0.389. The van der Waals surface area contributed by atoms with Crippen molar-refractivity contribution in [2.45, 2.75) is 13.5 Å². The Bertz CT molecular complexity index is 564. The first kappa shape index (κ1) is 15.7. The van der Waals surface area contributed by atoms with Gasteiger partial charge in [0.15, 0.2) is 0 Å². The quantitative estimate of drug-likeness (QED) is 0.575. The van der Waals surface area contributed by atoms with Gasteiger partial charge in [0.2, 0.25) is 5.91 Å². The second-order valence-corrected chi connectivity index (χ2v) is 4.70. The Hall–Kier alpha value is -2.65. The van der Waals surface area contributed by atoms with Crippen molar-refractivity contribution in [3.05, 3.63) is 22.4 Å². The van der Waals surface area contributed by atoms with Crippen LogP contribution in [0.2, 0.25) is 0 Å². The zero-order valence-electron chi connectivity index (χ0n) is 12.2. The first-order chi connectivity index (χ1) is 10.5. The molecule has 0 N–H and O–H groups in total. The number of nitro groups is 1. The van der Waals surface area contributed by atoms with Gasteiger partial charge in [-0.05, 0) is 11.8 Å². The van der Waals surface area contributed by atoms with Gasteiger partial charge in [-0.1, -0.05) is 0 Å². The van der Waals surface area contributed by atoms with Gasteiger partial charge in [-0.15, -0.1) is 0 Å². The predicted molar refractivity (Wildman–Crippen MR) is 74.1 cm³/mol. The molecule has 0 saturated carbocycles. The summed E-state index contributed by atoms with van der Waals surface area (Å²) in [5.41, 5.74) is 0. The highest BCUT2D eigenvalue weighted by atomic mass is 16.6. The lowest BCUT2D eigenvalue weighted by Crippen LogP contribution is -2.51. The summed E-state index contributed by atoms with van der Waals surface area (Å²) >= 11 is 0. The van der Waals surface area contributed by atoms with Crippen molar-refractivity contribution in [3.63, 3.8) is 0 Å². The highest BCUT2D eigenvalue weighted by molar-refractivity contribution is 5.76. The molecule has 1 aliphatic heterocycles. The Kier molecular flexibility index (Phi) is 4.92. The van der Waals surface area contributed by atoms with Crippen LogP contribution in [0.4, 0.5) is 10.6 Å². The first-order valence-electron chi connectivity index (χ1n) is 6.88. The Morgan fingerprint density at radius 1 is 1.32 bits per heavy atom. The van der Waals surface area contributed by atoms with Gasteiger partial charge in [-0.3, -0.25) is 4.79 Å². The highest BCUT2D eigenvalue weighted by Gasteiger charge is 2.25. The summed E-state index contributed by atoms with van der Waals surface area (Å²) in [6, 6.07) is 1.24. The maximum Gasteiger partial charge on any atom is 0.409 e. The van der Waals surface area contributed by atoms with Gasteiger partial charge in [0.25, 0.3) is 0 Å². The molecule has 2 rings (SSSR count). The summed E-state index contributed by atoms with van der Waals surface area (Å²) in [6.45, 7) is 3.61. The van der Waals surface area contributed by atoms with Crippen LogP contribution in [0.1, 0.15) is 6.92 Å². The van der Waals surface area contributed by atoms with Crippen molar-refractivity contribution in [2.24, 2.45) is 0 Å².